The minimum absolute atomic E-state index is 0.0616. The molecule has 0 bridgehead atoms. The van der Waals surface area contributed by atoms with Gasteiger partial charge in [-0.1, -0.05) is 24.3 Å². The summed E-state index contributed by atoms with van der Waals surface area (Å²) in [5, 5.41) is 11.7. The van der Waals surface area contributed by atoms with Crippen LogP contribution in [0.5, 0.6) is 0 Å². The number of benzene rings is 2. The summed E-state index contributed by atoms with van der Waals surface area (Å²) in [6, 6.07) is 13.7. The Balaban J connectivity index is 1.63. The van der Waals surface area contributed by atoms with Crippen molar-refractivity contribution in [3.8, 4) is 5.69 Å². The number of hydrogen-bond donors (Lipinski definition) is 0. The highest BCUT2D eigenvalue weighted by molar-refractivity contribution is 5.93. The molecule has 0 radical (unpaired) electrons. The van der Waals surface area contributed by atoms with Gasteiger partial charge in [0.2, 0.25) is 0 Å². The van der Waals surface area contributed by atoms with Gasteiger partial charge in [0.05, 0.1) is 11.3 Å². The Morgan fingerprint density at radius 3 is 2.85 bits per heavy atom. The molecule has 0 N–H and O–H groups in total. The summed E-state index contributed by atoms with van der Waals surface area (Å²) in [5.41, 5.74) is 2.33. The summed E-state index contributed by atoms with van der Waals surface area (Å²) in [6.45, 7) is 1.84. The molecule has 0 fully saturated rings. The predicted molar refractivity (Wildman–Crippen MR) is 95.5 cm³/mol. The molecule has 4 aromatic rings. The number of ether oxygens (including phenoxy) is 1. The fraction of sp³-hybridized carbons (Fsp3) is 0.105. The molecule has 0 atom stereocenters. The molecule has 0 aliphatic heterocycles. The molecule has 0 unspecified atom stereocenters. The van der Waals surface area contributed by atoms with E-state index >= 15 is 0 Å². The zero-order valence-corrected chi connectivity index (χ0v) is 14.3. The minimum atomic E-state index is -0.547. The molecule has 0 saturated carbocycles. The van der Waals surface area contributed by atoms with Gasteiger partial charge in [-0.05, 0) is 41.1 Å². The SMILES string of the molecule is Cc1ccc2c(COC(=O)c3ccccc3-n3cnnn3)cc(=O)oc2c1. The molecule has 27 heavy (non-hydrogen) atoms. The Morgan fingerprint density at radius 2 is 2.04 bits per heavy atom. The van der Waals surface area contributed by atoms with Gasteiger partial charge in [-0.3, -0.25) is 0 Å². The van der Waals surface area contributed by atoms with Crippen LogP contribution < -0.4 is 5.63 Å². The largest absolute Gasteiger partial charge is 0.457 e. The van der Waals surface area contributed by atoms with Gasteiger partial charge < -0.3 is 9.15 Å². The summed E-state index contributed by atoms with van der Waals surface area (Å²) in [5.74, 6) is -0.547. The van der Waals surface area contributed by atoms with Crippen LogP contribution in [0.2, 0.25) is 0 Å². The second-order valence-electron chi connectivity index (χ2n) is 5.94. The number of carbonyl (C=O) groups is 1. The Hall–Kier alpha value is -3.81. The predicted octanol–water partition coefficient (Wildman–Crippen LogP) is 2.43. The van der Waals surface area contributed by atoms with E-state index in [9.17, 15) is 9.59 Å². The summed E-state index contributed by atoms with van der Waals surface area (Å²) in [4.78, 5) is 24.4. The molecule has 8 nitrogen and oxygen atoms in total. The second kappa shape index (κ2) is 6.83. The van der Waals surface area contributed by atoms with Gasteiger partial charge in [-0.15, -0.1) is 5.10 Å². The average Bonchev–Trinajstić information content (AvgIpc) is 3.20. The first-order valence-electron chi connectivity index (χ1n) is 8.15. The summed E-state index contributed by atoms with van der Waals surface area (Å²) < 4.78 is 12.0. The van der Waals surface area contributed by atoms with Crippen molar-refractivity contribution in [2.75, 3.05) is 0 Å². The van der Waals surface area contributed by atoms with Crippen LogP contribution in [-0.2, 0) is 11.3 Å². The van der Waals surface area contributed by atoms with Crippen LogP contribution in [-0.4, -0.2) is 26.2 Å². The van der Waals surface area contributed by atoms with E-state index in [0.717, 1.165) is 10.9 Å². The zero-order chi connectivity index (χ0) is 18.8. The van der Waals surface area contributed by atoms with Crippen molar-refractivity contribution >= 4 is 16.9 Å². The maximum Gasteiger partial charge on any atom is 0.340 e. The standard InChI is InChI=1S/C19H14N4O4/c1-12-6-7-14-13(9-18(24)27-17(14)8-12)10-26-19(25)15-4-2-3-5-16(15)23-11-20-21-22-23/h2-9,11H,10H2,1H3. The van der Waals surface area contributed by atoms with Crippen LogP contribution in [0.4, 0.5) is 0 Å². The minimum Gasteiger partial charge on any atom is -0.457 e. The van der Waals surface area contributed by atoms with Gasteiger partial charge >= 0.3 is 11.6 Å². The van der Waals surface area contributed by atoms with Gasteiger partial charge in [-0.25, -0.2) is 9.59 Å². The van der Waals surface area contributed by atoms with E-state index < -0.39 is 11.6 Å². The fourth-order valence-electron chi connectivity index (χ4n) is 2.80. The van der Waals surface area contributed by atoms with Gasteiger partial charge in [0.1, 0.15) is 18.5 Å². The smallest absolute Gasteiger partial charge is 0.340 e. The maximum atomic E-state index is 12.6. The van der Waals surface area contributed by atoms with Crippen molar-refractivity contribution in [1.82, 2.24) is 20.2 Å². The number of aryl methyl sites for hydroxylation is 1. The number of aromatic nitrogens is 4. The molecule has 2 aromatic carbocycles. The van der Waals surface area contributed by atoms with Crippen LogP contribution in [0.1, 0.15) is 21.5 Å². The van der Waals surface area contributed by atoms with Crippen LogP contribution in [0.3, 0.4) is 0 Å². The lowest BCUT2D eigenvalue weighted by Gasteiger charge is -2.10. The van der Waals surface area contributed by atoms with Gasteiger partial charge in [0.15, 0.2) is 0 Å². The molecule has 2 aromatic heterocycles. The lowest BCUT2D eigenvalue weighted by Crippen LogP contribution is -2.11. The molecule has 8 heteroatoms. The molecule has 2 heterocycles. The molecule has 4 rings (SSSR count). The highest BCUT2D eigenvalue weighted by Crippen LogP contribution is 2.20. The third-order valence-electron chi connectivity index (χ3n) is 4.06. The molecular weight excluding hydrogens is 348 g/mol. The Kier molecular flexibility index (Phi) is 4.21. The van der Waals surface area contributed by atoms with E-state index in [1.807, 2.05) is 19.1 Å². The number of esters is 1. The van der Waals surface area contributed by atoms with E-state index in [1.54, 1.807) is 30.3 Å². The van der Waals surface area contributed by atoms with E-state index in [2.05, 4.69) is 15.5 Å². The first-order chi connectivity index (χ1) is 13.1. The molecule has 0 saturated heterocycles. The lowest BCUT2D eigenvalue weighted by atomic mass is 10.1. The topological polar surface area (TPSA) is 100 Å². The van der Waals surface area contributed by atoms with Gasteiger partial charge in [-0.2, -0.15) is 4.68 Å². The van der Waals surface area contributed by atoms with Crippen LogP contribution >= 0.6 is 0 Å². The number of para-hydroxylation sites is 1. The van der Waals surface area contributed by atoms with Crippen LogP contribution in [0.25, 0.3) is 16.7 Å². The zero-order valence-electron chi connectivity index (χ0n) is 14.3. The molecule has 0 aliphatic rings. The number of fused-ring (bicyclic) bond motifs is 1. The highest BCUT2D eigenvalue weighted by atomic mass is 16.5. The first kappa shape index (κ1) is 16.6. The fourth-order valence-corrected chi connectivity index (χ4v) is 2.80. The number of hydrogen-bond acceptors (Lipinski definition) is 7. The summed E-state index contributed by atoms with van der Waals surface area (Å²) in [6.07, 6.45) is 1.39. The van der Waals surface area contributed by atoms with Crippen molar-refractivity contribution in [3.05, 3.63) is 82.0 Å². The van der Waals surface area contributed by atoms with Crippen molar-refractivity contribution in [1.29, 1.82) is 0 Å². The number of tetrazole rings is 1. The monoisotopic (exact) mass is 362 g/mol. The van der Waals surface area contributed by atoms with Crippen LogP contribution in [0, 0.1) is 6.92 Å². The quantitative estimate of drug-likeness (QED) is 0.406. The van der Waals surface area contributed by atoms with E-state index in [1.165, 1.54) is 17.1 Å². The van der Waals surface area contributed by atoms with E-state index in [-0.39, 0.29) is 6.61 Å². The van der Waals surface area contributed by atoms with Gasteiger partial charge in [0, 0.05) is 17.0 Å². The number of rotatable bonds is 4. The van der Waals surface area contributed by atoms with Crippen molar-refractivity contribution < 1.29 is 13.9 Å². The Bertz CT molecular complexity index is 1180. The molecular formula is C19H14N4O4. The molecule has 0 aliphatic carbocycles. The normalized spacial score (nSPS) is 10.9. The third kappa shape index (κ3) is 3.32. The maximum absolute atomic E-state index is 12.6. The van der Waals surface area contributed by atoms with Crippen molar-refractivity contribution in [2.45, 2.75) is 13.5 Å². The highest BCUT2D eigenvalue weighted by Gasteiger charge is 2.16. The Labute approximate surface area is 153 Å². The summed E-state index contributed by atoms with van der Waals surface area (Å²) in [7, 11) is 0. The van der Waals surface area contributed by atoms with Crippen molar-refractivity contribution in [2.24, 2.45) is 0 Å². The Morgan fingerprint density at radius 1 is 1.19 bits per heavy atom. The lowest BCUT2D eigenvalue weighted by molar-refractivity contribution is 0.0473. The summed E-state index contributed by atoms with van der Waals surface area (Å²) >= 11 is 0. The van der Waals surface area contributed by atoms with Gasteiger partial charge in [0.25, 0.3) is 0 Å². The molecule has 0 spiro atoms. The van der Waals surface area contributed by atoms with E-state index in [4.69, 9.17) is 9.15 Å². The molecule has 134 valence electrons. The van der Waals surface area contributed by atoms with Crippen LogP contribution in [0.15, 0.2) is 64.1 Å². The van der Waals surface area contributed by atoms with E-state index in [0.29, 0.717) is 22.4 Å². The second-order valence-corrected chi connectivity index (χ2v) is 5.94. The number of carbonyl (C=O) groups excluding carboxylic acids is 1. The van der Waals surface area contributed by atoms with Crippen molar-refractivity contribution in [3.63, 3.8) is 0 Å². The molecule has 0 amide bonds. The third-order valence-corrected chi connectivity index (χ3v) is 4.06. The average molecular weight is 362 g/mol. The first-order valence-corrected chi connectivity index (χ1v) is 8.15. The number of nitrogens with zero attached hydrogens (tertiary/aromatic N) is 4.